The summed E-state index contributed by atoms with van der Waals surface area (Å²) in [6, 6.07) is 0. The van der Waals surface area contributed by atoms with Gasteiger partial charge in [-0.2, -0.15) is 0 Å². The summed E-state index contributed by atoms with van der Waals surface area (Å²) < 4.78 is 0. The second kappa shape index (κ2) is 3.42. The zero-order valence-electron chi connectivity index (χ0n) is 9.29. The molecule has 0 amide bonds. The van der Waals surface area contributed by atoms with Crippen LogP contribution in [-0.2, 0) is 4.84 Å². The molecule has 14 heavy (non-hydrogen) atoms. The van der Waals surface area contributed by atoms with Crippen molar-refractivity contribution in [2.75, 3.05) is 32.9 Å². The smallest absolute Gasteiger partial charge is 0.191 e. The van der Waals surface area contributed by atoms with Gasteiger partial charge < -0.3 is 9.74 Å². The molecule has 0 N–H and O–H groups in total. The minimum absolute atomic E-state index is 0.363. The molecule has 4 nitrogen and oxygen atoms in total. The van der Waals surface area contributed by atoms with Crippen LogP contribution in [0.2, 0.25) is 0 Å². The second-order valence-electron chi connectivity index (χ2n) is 5.30. The molecule has 0 saturated carbocycles. The van der Waals surface area contributed by atoms with Crippen LogP contribution in [0.1, 0.15) is 20.8 Å². The van der Waals surface area contributed by atoms with Crippen molar-refractivity contribution in [1.29, 1.82) is 0 Å². The van der Waals surface area contributed by atoms with Crippen LogP contribution in [0.5, 0.6) is 0 Å². The highest BCUT2D eigenvalue weighted by Crippen LogP contribution is 2.18. The summed E-state index contributed by atoms with van der Waals surface area (Å²) in [6.45, 7) is 11.7. The van der Waals surface area contributed by atoms with Gasteiger partial charge in [-0.25, -0.2) is 0 Å². The number of rotatable bonds is 1. The Bertz CT molecular complexity index is 244. The van der Waals surface area contributed by atoms with Crippen LogP contribution in [0, 0.1) is 5.41 Å². The quantitative estimate of drug-likeness (QED) is 0.626. The topological polar surface area (TPSA) is 28.1 Å². The van der Waals surface area contributed by atoms with Crippen LogP contribution in [0.3, 0.4) is 0 Å². The van der Waals surface area contributed by atoms with Gasteiger partial charge in [0, 0.05) is 19.6 Å². The lowest BCUT2D eigenvalue weighted by atomic mass is 9.96. The van der Waals surface area contributed by atoms with Crippen molar-refractivity contribution in [3.05, 3.63) is 0 Å². The first kappa shape index (κ1) is 9.77. The lowest BCUT2D eigenvalue weighted by molar-refractivity contribution is 0.0955. The highest BCUT2D eigenvalue weighted by atomic mass is 16.7. The van der Waals surface area contributed by atoms with E-state index in [-0.39, 0.29) is 0 Å². The van der Waals surface area contributed by atoms with Crippen LogP contribution in [0.25, 0.3) is 0 Å². The minimum Gasteiger partial charge on any atom is -0.372 e. The number of amidine groups is 1. The van der Waals surface area contributed by atoms with E-state index in [1.807, 2.05) is 0 Å². The lowest BCUT2D eigenvalue weighted by Crippen LogP contribution is -2.50. The summed E-state index contributed by atoms with van der Waals surface area (Å²) in [6.07, 6.45) is 0. The molecule has 0 spiro atoms. The van der Waals surface area contributed by atoms with Crippen molar-refractivity contribution < 1.29 is 4.84 Å². The number of hydrogen-bond donors (Lipinski definition) is 0. The number of hydrogen-bond acceptors (Lipinski definition) is 4. The molecule has 0 aromatic carbocycles. The van der Waals surface area contributed by atoms with Gasteiger partial charge in [-0.05, 0) is 5.41 Å². The van der Waals surface area contributed by atoms with Crippen molar-refractivity contribution in [1.82, 2.24) is 9.80 Å². The molecule has 1 saturated heterocycles. The lowest BCUT2D eigenvalue weighted by Gasteiger charge is -2.35. The van der Waals surface area contributed by atoms with Gasteiger partial charge in [0.1, 0.15) is 0 Å². The number of oxime groups is 1. The molecule has 0 bridgehead atoms. The fourth-order valence-electron chi connectivity index (χ4n) is 1.97. The van der Waals surface area contributed by atoms with Gasteiger partial charge in [0.25, 0.3) is 0 Å². The molecule has 2 aliphatic rings. The molecule has 0 aromatic rings. The van der Waals surface area contributed by atoms with Gasteiger partial charge in [0.2, 0.25) is 0 Å². The first-order valence-corrected chi connectivity index (χ1v) is 5.21. The van der Waals surface area contributed by atoms with E-state index in [0.717, 1.165) is 32.0 Å². The van der Waals surface area contributed by atoms with Gasteiger partial charge in [-0.15, -0.1) is 0 Å². The van der Waals surface area contributed by atoms with E-state index in [0.29, 0.717) is 12.1 Å². The van der Waals surface area contributed by atoms with Crippen LogP contribution in [0.4, 0.5) is 0 Å². The Balaban J connectivity index is 1.91. The second-order valence-corrected chi connectivity index (χ2v) is 5.30. The monoisotopic (exact) mass is 197 g/mol. The third kappa shape index (κ3) is 2.18. The number of nitrogens with zero attached hydrogens (tertiary/aromatic N) is 3. The summed E-state index contributed by atoms with van der Waals surface area (Å²) in [7, 11) is 0. The standard InChI is InChI=1S/C10H19N3O/c1-10(2,3)7-12-4-5-13-8-14-11-9(13)6-12/h4-8H2,1-3H3. The maximum Gasteiger partial charge on any atom is 0.191 e. The third-order valence-electron chi connectivity index (χ3n) is 2.50. The van der Waals surface area contributed by atoms with Crippen LogP contribution in [0.15, 0.2) is 5.16 Å². The van der Waals surface area contributed by atoms with E-state index in [1.165, 1.54) is 0 Å². The van der Waals surface area contributed by atoms with Gasteiger partial charge in [-0.3, -0.25) is 4.90 Å². The maximum absolute atomic E-state index is 5.06. The zero-order valence-corrected chi connectivity index (χ0v) is 9.29. The Labute approximate surface area is 85.5 Å². The van der Waals surface area contributed by atoms with E-state index < -0.39 is 0 Å². The maximum atomic E-state index is 5.06. The highest BCUT2D eigenvalue weighted by Gasteiger charge is 2.28. The first-order valence-electron chi connectivity index (χ1n) is 5.21. The average molecular weight is 197 g/mol. The normalized spacial score (nSPS) is 23.1. The van der Waals surface area contributed by atoms with Crippen molar-refractivity contribution in [2.45, 2.75) is 20.8 Å². The molecule has 0 atom stereocenters. The van der Waals surface area contributed by atoms with E-state index in [4.69, 9.17) is 4.84 Å². The number of fused-ring (bicyclic) bond motifs is 1. The molecule has 1 fully saturated rings. The predicted molar refractivity (Wildman–Crippen MR) is 56.0 cm³/mol. The Morgan fingerprint density at radius 1 is 1.36 bits per heavy atom. The molecule has 0 aliphatic carbocycles. The SMILES string of the molecule is CC(C)(C)CN1CCN2CON=C2C1. The predicted octanol–water partition coefficient (Wildman–Crippen LogP) is 0.951. The Morgan fingerprint density at radius 2 is 2.14 bits per heavy atom. The number of piperazine rings is 1. The molecular weight excluding hydrogens is 178 g/mol. The summed E-state index contributed by atoms with van der Waals surface area (Å²) >= 11 is 0. The van der Waals surface area contributed by atoms with Gasteiger partial charge >= 0.3 is 0 Å². The first-order chi connectivity index (χ1) is 6.54. The summed E-state index contributed by atoms with van der Waals surface area (Å²) in [5.41, 5.74) is 0.363. The zero-order chi connectivity index (χ0) is 10.2. The molecular formula is C10H19N3O. The fourth-order valence-corrected chi connectivity index (χ4v) is 1.97. The molecule has 2 heterocycles. The Morgan fingerprint density at radius 3 is 2.86 bits per heavy atom. The van der Waals surface area contributed by atoms with Crippen molar-refractivity contribution in [2.24, 2.45) is 10.6 Å². The Hall–Kier alpha value is -0.770. The van der Waals surface area contributed by atoms with Crippen molar-refractivity contribution >= 4 is 5.84 Å². The minimum atomic E-state index is 0.363. The van der Waals surface area contributed by atoms with Gasteiger partial charge in [-0.1, -0.05) is 25.9 Å². The highest BCUT2D eigenvalue weighted by molar-refractivity contribution is 5.85. The van der Waals surface area contributed by atoms with Crippen molar-refractivity contribution in [3.63, 3.8) is 0 Å². The van der Waals surface area contributed by atoms with Gasteiger partial charge in [0.15, 0.2) is 12.6 Å². The van der Waals surface area contributed by atoms with Crippen molar-refractivity contribution in [3.8, 4) is 0 Å². The molecule has 4 heteroatoms. The van der Waals surface area contributed by atoms with Crippen LogP contribution < -0.4 is 0 Å². The molecule has 0 unspecified atom stereocenters. The Kier molecular flexibility index (Phi) is 2.39. The largest absolute Gasteiger partial charge is 0.372 e. The van der Waals surface area contributed by atoms with Gasteiger partial charge in [0.05, 0.1) is 6.54 Å². The van der Waals surface area contributed by atoms with E-state index in [1.54, 1.807) is 0 Å². The molecule has 2 aliphatic heterocycles. The van der Waals surface area contributed by atoms with E-state index in [2.05, 4.69) is 35.7 Å². The van der Waals surface area contributed by atoms with E-state index in [9.17, 15) is 0 Å². The van der Waals surface area contributed by atoms with Crippen LogP contribution >= 0.6 is 0 Å². The average Bonchev–Trinajstić information content (AvgIpc) is 2.47. The molecule has 0 radical (unpaired) electrons. The fraction of sp³-hybridized carbons (Fsp3) is 0.900. The molecule has 2 rings (SSSR count). The summed E-state index contributed by atoms with van der Waals surface area (Å²) in [5, 5.41) is 4.04. The third-order valence-corrected chi connectivity index (χ3v) is 2.50. The molecule has 0 aromatic heterocycles. The van der Waals surface area contributed by atoms with E-state index >= 15 is 0 Å². The van der Waals surface area contributed by atoms with Crippen LogP contribution in [-0.4, -0.2) is 48.5 Å². The summed E-state index contributed by atoms with van der Waals surface area (Å²) in [4.78, 5) is 9.71. The summed E-state index contributed by atoms with van der Waals surface area (Å²) in [5.74, 6) is 1.10. The molecule has 80 valence electrons.